The van der Waals surface area contributed by atoms with E-state index in [1.165, 1.54) is 22.6 Å². The molecule has 2 N–H and O–H groups in total. The first-order chi connectivity index (χ1) is 12.5. The van der Waals surface area contributed by atoms with Crippen LogP contribution in [0, 0.1) is 5.82 Å². The highest BCUT2D eigenvalue weighted by atomic mass is 19.1. The highest BCUT2D eigenvalue weighted by molar-refractivity contribution is 5.86. The van der Waals surface area contributed by atoms with Crippen LogP contribution in [0.25, 0.3) is 0 Å². The number of aliphatic imine (C=N–C) groups is 1. The molecule has 2 rings (SSSR count). The van der Waals surface area contributed by atoms with Crippen LogP contribution in [0.15, 0.2) is 59.6 Å². The maximum absolute atomic E-state index is 13.0. The number of likely N-dealkylation sites (N-methyl/N-ethyl adjacent to an activating group) is 1. The van der Waals surface area contributed by atoms with E-state index >= 15 is 0 Å². The van der Waals surface area contributed by atoms with Crippen molar-refractivity contribution in [3.05, 3.63) is 71.5 Å². The van der Waals surface area contributed by atoms with Gasteiger partial charge in [-0.2, -0.15) is 0 Å². The van der Waals surface area contributed by atoms with Crippen molar-refractivity contribution in [3.63, 3.8) is 0 Å². The second-order valence-electron chi connectivity index (χ2n) is 6.10. The van der Waals surface area contributed by atoms with Crippen molar-refractivity contribution in [1.82, 2.24) is 15.5 Å². The fraction of sp³-hybridized carbons (Fsp3) is 0.300. The number of carbonyl (C=O) groups excluding carboxylic acids is 1. The van der Waals surface area contributed by atoms with Gasteiger partial charge in [0.05, 0.1) is 13.1 Å². The largest absolute Gasteiger partial charge is 0.356 e. The van der Waals surface area contributed by atoms with E-state index in [1.807, 2.05) is 18.2 Å². The van der Waals surface area contributed by atoms with Crippen LogP contribution in [0.3, 0.4) is 0 Å². The number of carbonyl (C=O) groups is 1. The molecule has 0 bridgehead atoms. The Morgan fingerprint density at radius 2 is 1.69 bits per heavy atom. The Labute approximate surface area is 153 Å². The van der Waals surface area contributed by atoms with Crippen molar-refractivity contribution in [3.8, 4) is 0 Å². The third-order valence-corrected chi connectivity index (χ3v) is 3.79. The Morgan fingerprint density at radius 3 is 2.35 bits per heavy atom. The van der Waals surface area contributed by atoms with E-state index in [4.69, 9.17) is 0 Å². The first kappa shape index (κ1) is 19.4. The number of halogens is 1. The van der Waals surface area contributed by atoms with Crippen LogP contribution in [0.2, 0.25) is 0 Å². The van der Waals surface area contributed by atoms with Crippen LogP contribution in [0.5, 0.6) is 0 Å². The fourth-order valence-electron chi connectivity index (χ4n) is 2.22. The molecule has 0 radical (unpaired) electrons. The second-order valence-corrected chi connectivity index (χ2v) is 6.10. The maximum Gasteiger partial charge on any atom is 0.241 e. The molecule has 0 heterocycles. The van der Waals surface area contributed by atoms with E-state index in [9.17, 15) is 9.18 Å². The Balaban J connectivity index is 1.94. The number of hydrogen-bond donors (Lipinski definition) is 2. The van der Waals surface area contributed by atoms with E-state index in [0.717, 1.165) is 12.0 Å². The van der Waals surface area contributed by atoms with Crippen LogP contribution < -0.4 is 10.6 Å². The molecule has 0 atom stereocenters. The van der Waals surface area contributed by atoms with E-state index in [-0.39, 0.29) is 18.3 Å². The Bertz CT molecular complexity index is 714. The number of hydrogen-bond acceptors (Lipinski definition) is 2. The van der Waals surface area contributed by atoms with Gasteiger partial charge in [0.1, 0.15) is 5.82 Å². The molecule has 0 aliphatic rings. The summed E-state index contributed by atoms with van der Waals surface area (Å²) in [5.74, 6) is 0.249. The molecule has 26 heavy (non-hydrogen) atoms. The van der Waals surface area contributed by atoms with Crippen molar-refractivity contribution in [2.75, 3.05) is 27.2 Å². The zero-order valence-corrected chi connectivity index (χ0v) is 15.2. The molecular weight excluding hydrogens is 331 g/mol. The van der Waals surface area contributed by atoms with Gasteiger partial charge < -0.3 is 15.5 Å². The van der Waals surface area contributed by atoms with Crippen LogP contribution in [-0.2, 0) is 17.8 Å². The second kappa shape index (κ2) is 10.2. The number of amides is 1. The number of nitrogens with one attached hydrogen (secondary N) is 2. The molecule has 0 aliphatic heterocycles. The van der Waals surface area contributed by atoms with Crippen LogP contribution in [0.4, 0.5) is 4.39 Å². The molecule has 0 spiro atoms. The third-order valence-electron chi connectivity index (χ3n) is 3.79. The van der Waals surface area contributed by atoms with E-state index in [1.54, 1.807) is 26.2 Å². The molecule has 0 saturated carbocycles. The lowest BCUT2D eigenvalue weighted by molar-refractivity contribution is -0.127. The average Bonchev–Trinajstić information content (AvgIpc) is 2.65. The van der Waals surface area contributed by atoms with E-state index in [2.05, 4.69) is 27.8 Å². The maximum atomic E-state index is 13.0. The SMILES string of the molecule is CN(C)C(=O)CNC(=NCc1ccc(F)cc1)NCCc1ccccc1. The predicted octanol–water partition coefficient (Wildman–Crippen LogP) is 2.19. The molecule has 138 valence electrons. The summed E-state index contributed by atoms with van der Waals surface area (Å²) in [5.41, 5.74) is 2.12. The van der Waals surface area contributed by atoms with E-state index < -0.39 is 0 Å². The van der Waals surface area contributed by atoms with Gasteiger partial charge in [0.15, 0.2) is 5.96 Å². The summed E-state index contributed by atoms with van der Waals surface area (Å²) in [6.45, 7) is 1.25. The smallest absolute Gasteiger partial charge is 0.241 e. The summed E-state index contributed by atoms with van der Waals surface area (Å²) >= 11 is 0. The zero-order chi connectivity index (χ0) is 18.8. The van der Waals surface area contributed by atoms with Gasteiger partial charge in [0.2, 0.25) is 5.91 Å². The zero-order valence-electron chi connectivity index (χ0n) is 15.2. The molecule has 0 fully saturated rings. The molecule has 0 unspecified atom stereocenters. The van der Waals surface area contributed by atoms with Crippen molar-refractivity contribution < 1.29 is 9.18 Å². The molecule has 5 nitrogen and oxygen atoms in total. The molecular formula is C20H25FN4O. The average molecular weight is 356 g/mol. The molecule has 0 saturated heterocycles. The van der Waals surface area contributed by atoms with Crippen LogP contribution in [0.1, 0.15) is 11.1 Å². The first-order valence-corrected chi connectivity index (χ1v) is 8.55. The lowest BCUT2D eigenvalue weighted by atomic mass is 10.1. The summed E-state index contributed by atoms with van der Waals surface area (Å²) < 4.78 is 13.0. The minimum Gasteiger partial charge on any atom is -0.356 e. The topological polar surface area (TPSA) is 56.7 Å². The van der Waals surface area contributed by atoms with Crippen molar-refractivity contribution >= 4 is 11.9 Å². The number of nitrogens with zero attached hydrogens (tertiary/aromatic N) is 2. The fourth-order valence-corrected chi connectivity index (χ4v) is 2.22. The lowest BCUT2D eigenvalue weighted by Crippen LogP contribution is -2.43. The number of guanidine groups is 1. The highest BCUT2D eigenvalue weighted by Crippen LogP contribution is 2.04. The third kappa shape index (κ3) is 6.93. The van der Waals surface area contributed by atoms with Crippen molar-refractivity contribution in [2.45, 2.75) is 13.0 Å². The molecule has 0 aromatic heterocycles. The van der Waals surface area contributed by atoms with Crippen molar-refractivity contribution in [1.29, 1.82) is 0 Å². The monoisotopic (exact) mass is 356 g/mol. The Hall–Kier alpha value is -2.89. The first-order valence-electron chi connectivity index (χ1n) is 8.55. The summed E-state index contributed by atoms with van der Waals surface area (Å²) in [4.78, 5) is 17.8. The standard InChI is InChI=1S/C20H25FN4O/c1-25(2)19(26)15-24-20(22-13-12-16-6-4-3-5-7-16)23-14-17-8-10-18(21)11-9-17/h3-11H,12-15H2,1-2H3,(H2,22,23,24). The Morgan fingerprint density at radius 1 is 1.00 bits per heavy atom. The molecule has 2 aromatic rings. The predicted molar refractivity (Wildman–Crippen MR) is 102 cm³/mol. The minimum absolute atomic E-state index is 0.0376. The normalized spacial score (nSPS) is 11.1. The minimum atomic E-state index is -0.270. The summed E-state index contributed by atoms with van der Waals surface area (Å²) in [7, 11) is 3.42. The van der Waals surface area contributed by atoms with Gasteiger partial charge in [-0.05, 0) is 29.7 Å². The molecule has 1 amide bonds. The highest BCUT2D eigenvalue weighted by Gasteiger charge is 2.06. The van der Waals surface area contributed by atoms with Gasteiger partial charge in [-0.1, -0.05) is 42.5 Å². The number of rotatable bonds is 7. The van der Waals surface area contributed by atoms with Gasteiger partial charge in [-0.25, -0.2) is 9.38 Å². The van der Waals surface area contributed by atoms with Crippen LogP contribution >= 0.6 is 0 Å². The number of benzene rings is 2. The van der Waals surface area contributed by atoms with Crippen LogP contribution in [-0.4, -0.2) is 44.0 Å². The van der Waals surface area contributed by atoms with Gasteiger partial charge in [0.25, 0.3) is 0 Å². The summed E-state index contributed by atoms with van der Waals surface area (Å²) in [6.07, 6.45) is 0.847. The Kier molecular flexibility index (Phi) is 7.61. The van der Waals surface area contributed by atoms with Crippen molar-refractivity contribution in [2.24, 2.45) is 4.99 Å². The molecule has 6 heteroatoms. The van der Waals surface area contributed by atoms with Gasteiger partial charge in [-0.15, -0.1) is 0 Å². The molecule has 0 aliphatic carbocycles. The van der Waals surface area contributed by atoms with Gasteiger partial charge >= 0.3 is 0 Å². The van der Waals surface area contributed by atoms with E-state index in [0.29, 0.717) is 19.0 Å². The van der Waals surface area contributed by atoms with Gasteiger partial charge in [0, 0.05) is 20.6 Å². The molecule has 2 aromatic carbocycles. The quantitative estimate of drug-likeness (QED) is 0.591. The lowest BCUT2D eigenvalue weighted by Gasteiger charge is -2.15. The summed E-state index contributed by atoms with van der Waals surface area (Å²) in [5, 5.41) is 6.28. The van der Waals surface area contributed by atoms with Gasteiger partial charge in [-0.3, -0.25) is 4.79 Å². The summed E-state index contributed by atoms with van der Waals surface area (Å²) in [6, 6.07) is 16.4.